The molecular formula is C28H38O2. The lowest BCUT2D eigenvalue weighted by atomic mass is 9.51. The molecule has 5 rings (SSSR count). The van der Waals surface area contributed by atoms with E-state index in [9.17, 15) is 10.2 Å². The average molecular weight is 407 g/mol. The second-order valence-electron chi connectivity index (χ2n) is 11.3. The molecule has 6 atom stereocenters. The van der Waals surface area contributed by atoms with Gasteiger partial charge in [0, 0.05) is 0 Å². The number of allylic oxidation sites excluding steroid dienone is 4. The first-order valence-corrected chi connectivity index (χ1v) is 12.2. The van der Waals surface area contributed by atoms with Crippen molar-refractivity contribution in [3.63, 3.8) is 0 Å². The summed E-state index contributed by atoms with van der Waals surface area (Å²) in [5, 5.41) is 20.1. The molecule has 0 radical (unpaired) electrons. The van der Waals surface area contributed by atoms with Gasteiger partial charge in [0.25, 0.3) is 0 Å². The van der Waals surface area contributed by atoms with Gasteiger partial charge in [-0.3, -0.25) is 0 Å². The van der Waals surface area contributed by atoms with E-state index in [0.717, 1.165) is 19.3 Å². The Morgan fingerprint density at radius 3 is 2.73 bits per heavy atom. The molecule has 0 saturated heterocycles. The third kappa shape index (κ3) is 3.09. The molecule has 0 aliphatic heterocycles. The molecule has 2 N–H and O–H groups in total. The van der Waals surface area contributed by atoms with E-state index < -0.39 is 0 Å². The quantitative estimate of drug-likeness (QED) is 0.595. The molecule has 0 spiro atoms. The topological polar surface area (TPSA) is 40.5 Å². The number of rotatable bonds is 3. The summed E-state index contributed by atoms with van der Waals surface area (Å²) in [5.41, 5.74) is 7.03. The fourth-order valence-corrected chi connectivity index (χ4v) is 7.93. The number of hydrogen-bond acceptors (Lipinski definition) is 2. The van der Waals surface area contributed by atoms with Gasteiger partial charge in [-0.05, 0) is 115 Å². The van der Waals surface area contributed by atoms with Crippen LogP contribution in [0, 0.1) is 28.6 Å². The Kier molecular flexibility index (Phi) is 4.93. The summed E-state index contributed by atoms with van der Waals surface area (Å²) in [5.74, 6) is 2.34. The zero-order chi connectivity index (χ0) is 21.1. The first-order chi connectivity index (χ1) is 14.3. The molecule has 0 aromatic heterocycles. The number of aliphatic hydroxyl groups excluding tert-OH is 1. The molecule has 1 saturated carbocycles. The molecule has 0 amide bonds. The molecule has 0 heterocycles. The maximum atomic E-state index is 10.2. The van der Waals surface area contributed by atoms with Crippen molar-refractivity contribution in [2.45, 2.75) is 84.7 Å². The highest BCUT2D eigenvalue weighted by Crippen LogP contribution is 2.64. The Morgan fingerprint density at radius 2 is 1.93 bits per heavy atom. The lowest BCUT2D eigenvalue weighted by molar-refractivity contribution is 0.0226. The number of phenolic OH excluding ortho intramolecular Hbond substituents is 1. The standard InChI is InChI=1S/C28H38O2/c1-18(15-19-5-4-6-21(29)16-19)24-9-10-25-23-8-7-20-17-22(30)11-13-27(20,2)26(23)12-14-28(24,25)3/h4-6,10,16,18,20,22,24,29-30H,7-9,11-15,17H2,1-3H3/t18?,20-,22-,24+,27-,28+/m0/s1. The van der Waals surface area contributed by atoms with Crippen LogP contribution in [0.15, 0.2) is 47.1 Å². The van der Waals surface area contributed by atoms with Crippen molar-refractivity contribution in [1.29, 1.82) is 0 Å². The van der Waals surface area contributed by atoms with Gasteiger partial charge in [0.05, 0.1) is 6.10 Å². The van der Waals surface area contributed by atoms with E-state index in [1.54, 1.807) is 22.8 Å². The van der Waals surface area contributed by atoms with Gasteiger partial charge in [-0.25, -0.2) is 0 Å². The normalized spacial score (nSPS) is 39.1. The van der Waals surface area contributed by atoms with Gasteiger partial charge in [-0.1, -0.05) is 44.6 Å². The minimum Gasteiger partial charge on any atom is -0.508 e. The molecule has 0 bridgehead atoms. The van der Waals surface area contributed by atoms with Crippen LogP contribution in [-0.2, 0) is 6.42 Å². The molecule has 1 aromatic rings. The Morgan fingerprint density at radius 1 is 1.10 bits per heavy atom. The lowest BCUT2D eigenvalue weighted by Crippen LogP contribution is -2.44. The summed E-state index contributed by atoms with van der Waals surface area (Å²) < 4.78 is 0. The fourth-order valence-electron chi connectivity index (χ4n) is 7.93. The summed E-state index contributed by atoms with van der Waals surface area (Å²) >= 11 is 0. The summed E-state index contributed by atoms with van der Waals surface area (Å²) in [4.78, 5) is 0. The average Bonchev–Trinajstić information content (AvgIpc) is 3.06. The molecule has 2 nitrogen and oxygen atoms in total. The summed E-state index contributed by atoms with van der Waals surface area (Å²) in [6.45, 7) is 7.47. The second-order valence-corrected chi connectivity index (χ2v) is 11.3. The van der Waals surface area contributed by atoms with Crippen molar-refractivity contribution < 1.29 is 10.2 Å². The van der Waals surface area contributed by atoms with Crippen molar-refractivity contribution in [2.75, 3.05) is 0 Å². The van der Waals surface area contributed by atoms with Crippen molar-refractivity contribution in [2.24, 2.45) is 28.6 Å². The number of fused-ring (bicyclic) bond motifs is 4. The number of phenols is 1. The van der Waals surface area contributed by atoms with Crippen molar-refractivity contribution in [3.8, 4) is 5.75 Å². The largest absolute Gasteiger partial charge is 0.508 e. The van der Waals surface area contributed by atoms with E-state index in [4.69, 9.17) is 0 Å². The highest BCUT2D eigenvalue weighted by atomic mass is 16.3. The molecule has 2 heteroatoms. The minimum atomic E-state index is -0.0765. The maximum absolute atomic E-state index is 10.2. The van der Waals surface area contributed by atoms with Gasteiger partial charge >= 0.3 is 0 Å². The Bertz CT molecular complexity index is 896. The van der Waals surface area contributed by atoms with Gasteiger partial charge in [0.15, 0.2) is 0 Å². The van der Waals surface area contributed by atoms with Crippen LogP contribution < -0.4 is 0 Å². The van der Waals surface area contributed by atoms with Crippen LogP contribution in [0.5, 0.6) is 5.75 Å². The van der Waals surface area contributed by atoms with Crippen LogP contribution in [0.1, 0.15) is 77.7 Å². The second kappa shape index (κ2) is 7.26. The SMILES string of the molecule is CC(Cc1cccc(O)c1)[C@H]1CC=C2C3=C(CC[C@@]21C)[C@@]1(C)CC[C@H](O)C[C@@H]1CC3. The molecule has 4 aliphatic rings. The van der Waals surface area contributed by atoms with Crippen LogP contribution in [0.4, 0.5) is 0 Å². The molecule has 30 heavy (non-hydrogen) atoms. The third-order valence-corrected chi connectivity index (χ3v) is 9.64. The van der Waals surface area contributed by atoms with E-state index in [2.05, 4.69) is 32.9 Å². The van der Waals surface area contributed by atoms with E-state index in [1.807, 2.05) is 12.1 Å². The summed E-state index contributed by atoms with van der Waals surface area (Å²) in [6, 6.07) is 7.82. The molecule has 4 aliphatic carbocycles. The highest BCUT2D eigenvalue weighted by molar-refractivity contribution is 5.49. The molecule has 1 unspecified atom stereocenters. The third-order valence-electron chi connectivity index (χ3n) is 9.64. The zero-order valence-electron chi connectivity index (χ0n) is 19.0. The van der Waals surface area contributed by atoms with Crippen LogP contribution >= 0.6 is 0 Å². The predicted molar refractivity (Wildman–Crippen MR) is 122 cm³/mol. The molecular weight excluding hydrogens is 368 g/mol. The first-order valence-electron chi connectivity index (χ1n) is 12.2. The van der Waals surface area contributed by atoms with Crippen LogP contribution in [0.3, 0.4) is 0 Å². The van der Waals surface area contributed by atoms with Gasteiger partial charge in [-0.2, -0.15) is 0 Å². The van der Waals surface area contributed by atoms with E-state index in [1.165, 1.54) is 44.1 Å². The molecule has 1 aromatic carbocycles. The summed E-state index contributed by atoms with van der Waals surface area (Å²) in [7, 11) is 0. The predicted octanol–water partition coefficient (Wildman–Crippen LogP) is 6.57. The first kappa shape index (κ1) is 20.4. The zero-order valence-corrected chi connectivity index (χ0v) is 19.0. The Balaban J connectivity index is 1.40. The van der Waals surface area contributed by atoms with Gasteiger partial charge in [-0.15, -0.1) is 0 Å². The highest BCUT2D eigenvalue weighted by Gasteiger charge is 2.52. The van der Waals surface area contributed by atoms with Crippen molar-refractivity contribution >= 4 is 0 Å². The smallest absolute Gasteiger partial charge is 0.115 e. The van der Waals surface area contributed by atoms with Gasteiger partial charge < -0.3 is 10.2 Å². The van der Waals surface area contributed by atoms with E-state index in [0.29, 0.717) is 34.3 Å². The van der Waals surface area contributed by atoms with E-state index in [-0.39, 0.29) is 6.10 Å². The van der Waals surface area contributed by atoms with Crippen LogP contribution in [-0.4, -0.2) is 16.3 Å². The number of aromatic hydroxyl groups is 1. The van der Waals surface area contributed by atoms with E-state index >= 15 is 0 Å². The van der Waals surface area contributed by atoms with Gasteiger partial charge in [0.1, 0.15) is 5.75 Å². The number of aliphatic hydroxyl groups is 1. The Labute approximate surface area is 182 Å². The number of benzene rings is 1. The van der Waals surface area contributed by atoms with Crippen molar-refractivity contribution in [1.82, 2.24) is 0 Å². The minimum absolute atomic E-state index is 0.0765. The monoisotopic (exact) mass is 406 g/mol. The van der Waals surface area contributed by atoms with Crippen LogP contribution in [0.2, 0.25) is 0 Å². The molecule has 1 fully saturated rings. The number of hydrogen-bond donors (Lipinski definition) is 2. The Hall–Kier alpha value is -1.54. The fraction of sp³-hybridized carbons (Fsp3) is 0.643. The maximum Gasteiger partial charge on any atom is 0.115 e. The van der Waals surface area contributed by atoms with Gasteiger partial charge in [0.2, 0.25) is 0 Å². The van der Waals surface area contributed by atoms with Crippen molar-refractivity contribution in [3.05, 3.63) is 52.6 Å². The molecule has 162 valence electrons. The summed E-state index contributed by atoms with van der Waals surface area (Å²) in [6.07, 6.45) is 12.9. The lowest BCUT2D eigenvalue weighted by Gasteiger charge is -2.54. The van der Waals surface area contributed by atoms with Crippen LogP contribution in [0.25, 0.3) is 0 Å².